The van der Waals surface area contributed by atoms with Gasteiger partial charge in [0.1, 0.15) is 0 Å². The summed E-state index contributed by atoms with van der Waals surface area (Å²) in [6.07, 6.45) is 4.43. The number of rotatable bonds is 3. The summed E-state index contributed by atoms with van der Waals surface area (Å²) in [4.78, 5) is 23.4. The van der Waals surface area contributed by atoms with Crippen LogP contribution in [0.15, 0.2) is 23.1 Å². The molecular formula is C13H18N2O3. The Morgan fingerprint density at radius 1 is 1.56 bits per heavy atom. The number of aliphatic hydroxyl groups is 1. The van der Waals surface area contributed by atoms with Crippen molar-refractivity contribution in [2.45, 2.75) is 25.3 Å². The number of hydrogen-bond donors (Lipinski definition) is 2. The first-order valence-electron chi connectivity index (χ1n) is 6.20. The van der Waals surface area contributed by atoms with Crippen molar-refractivity contribution >= 4 is 5.91 Å². The molecule has 1 aliphatic rings. The zero-order valence-corrected chi connectivity index (χ0v) is 10.4. The second-order valence-electron chi connectivity index (χ2n) is 4.82. The highest BCUT2D eigenvalue weighted by Crippen LogP contribution is 2.25. The average molecular weight is 250 g/mol. The lowest BCUT2D eigenvalue weighted by Crippen LogP contribution is -2.39. The van der Waals surface area contributed by atoms with E-state index >= 15 is 0 Å². The SMILES string of the molecule is Cn1ccc(C(=O)NC2CCCC2CO)cc1=O. The van der Waals surface area contributed by atoms with E-state index in [2.05, 4.69) is 5.32 Å². The van der Waals surface area contributed by atoms with E-state index in [1.807, 2.05) is 0 Å². The van der Waals surface area contributed by atoms with Crippen LogP contribution in [0.4, 0.5) is 0 Å². The van der Waals surface area contributed by atoms with Crippen molar-refractivity contribution in [1.29, 1.82) is 0 Å². The Morgan fingerprint density at radius 2 is 2.33 bits per heavy atom. The fourth-order valence-corrected chi connectivity index (χ4v) is 2.39. The summed E-state index contributed by atoms with van der Waals surface area (Å²) < 4.78 is 1.42. The molecule has 0 saturated heterocycles. The van der Waals surface area contributed by atoms with Crippen LogP contribution in [0.3, 0.4) is 0 Å². The summed E-state index contributed by atoms with van der Waals surface area (Å²) in [5.41, 5.74) is 0.175. The average Bonchev–Trinajstić information content (AvgIpc) is 2.79. The lowest BCUT2D eigenvalue weighted by molar-refractivity contribution is 0.0915. The Morgan fingerprint density at radius 3 is 3.00 bits per heavy atom. The Bertz CT molecular complexity index is 495. The number of aliphatic hydroxyl groups excluding tert-OH is 1. The molecule has 2 unspecified atom stereocenters. The van der Waals surface area contributed by atoms with Crippen molar-refractivity contribution in [2.75, 3.05) is 6.61 Å². The van der Waals surface area contributed by atoms with Gasteiger partial charge in [0.05, 0.1) is 0 Å². The lowest BCUT2D eigenvalue weighted by atomic mass is 10.0. The molecule has 1 amide bonds. The van der Waals surface area contributed by atoms with Gasteiger partial charge in [0.2, 0.25) is 0 Å². The minimum Gasteiger partial charge on any atom is -0.396 e. The maximum Gasteiger partial charge on any atom is 0.251 e. The summed E-state index contributed by atoms with van der Waals surface area (Å²) >= 11 is 0. The molecule has 1 heterocycles. The fraction of sp³-hybridized carbons (Fsp3) is 0.538. The van der Waals surface area contributed by atoms with Crippen LogP contribution in [-0.2, 0) is 7.05 Å². The minimum atomic E-state index is -0.238. The van der Waals surface area contributed by atoms with E-state index in [0.29, 0.717) is 5.56 Å². The van der Waals surface area contributed by atoms with E-state index in [1.165, 1.54) is 10.6 Å². The fourth-order valence-electron chi connectivity index (χ4n) is 2.39. The predicted molar refractivity (Wildman–Crippen MR) is 67.4 cm³/mol. The lowest BCUT2D eigenvalue weighted by Gasteiger charge is -2.18. The molecule has 5 heteroatoms. The second kappa shape index (κ2) is 5.35. The van der Waals surface area contributed by atoms with Crippen LogP contribution in [0.5, 0.6) is 0 Å². The number of nitrogens with one attached hydrogen (secondary N) is 1. The number of amides is 1. The van der Waals surface area contributed by atoms with Crippen LogP contribution < -0.4 is 10.9 Å². The van der Waals surface area contributed by atoms with Gasteiger partial charge in [-0.3, -0.25) is 9.59 Å². The van der Waals surface area contributed by atoms with Crippen LogP contribution in [0.1, 0.15) is 29.6 Å². The van der Waals surface area contributed by atoms with Gasteiger partial charge in [-0.25, -0.2) is 0 Å². The number of hydrogen-bond acceptors (Lipinski definition) is 3. The van der Waals surface area contributed by atoms with E-state index in [-0.39, 0.29) is 30.0 Å². The number of carbonyl (C=O) groups excluding carboxylic acids is 1. The van der Waals surface area contributed by atoms with Crippen LogP contribution in [-0.4, -0.2) is 28.2 Å². The first kappa shape index (κ1) is 12.8. The summed E-state index contributed by atoms with van der Waals surface area (Å²) in [5, 5.41) is 12.1. The molecule has 1 aromatic rings. The molecule has 0 radical (unpaired) electrons. The first-order chi connectivity index (χ1) is 8.61. The molecule has 2 rings (SSSR count). The maximum atomic E-state index is 12.0. The van der Waals surface area contributed by atoms with Gasteiger partial charge in [-0.15, -0.1) is 0 Å². The zero-order valence-electron chi connectivity index (χ0n) is 10.4. The van der Waals surface area contributed by atoms with Gasteiger partial charge in [-0.2, -0.15) is 0 Å². The summed E-state index contributed by atoms with van der Waals surface area (Å²) in [7, 11) is 1.64. The quantitative estimate of drug-likeness (QED) is 0.809. The highest BCUT2D eigenvalue weighted by Gasteiger charge is 2.28. The molecule has 98 valence electrons. The van der Waals surface area contributed by atoms with Gasteiger partial charge in [0.25, 0.3) is 11.5 Å². The largest absolute Gasteiger partial charge is 0.396 e. The maximum absolute atomic E-state index is 12.0. The van der Waals surface area contributed by atoms with Crippen molar-refractivity contribution in [3.8, 4) is 0 Å². The molecule has 0 bridgehead atoms. The van der Waals surface area contributed by atoms with Gasteiger partial charge in [0, 0.05) is 43.4 Å². The molecule has 2 N–H and O–H groups in total. The highest BCUT2D eigenvalue weighted by molar-refractivity contribution is 5.94. The van der Waals surface area contributed by atoms with Crippen molar-refractivity contribution in [1.82, 2.24) is 9.88 Å². The minimum absolute atomic E-state index is 0.0200. The molecule has 1 aromatic heterocycles. The number of nitrogens with zero attached hydrogens (tertiary/aromatic N) is 1. The molecule has 0 aromatic carbocycles. The number of carbonyl (C=O) groups is 1. The van der Waals surface area contributed by atoms with Crippen molar-refractivity contribution in [3.05, 3.63) is 34.2 Å². The van der Waals surface area contributed by atoms with Crippen LogP contribution >= 0.6 is 0 Å². The van der Waals surface area contributed by atoms with Crippen LogP contribution in [0.2, 0.25) is 0 Å². The van der Waals surface area contributed by atoms with Gasteiger partial charge >= 0.3 is 0 Å². The van der Waals surface area contributed by atoms with Gasteiger partial charge in [-0.05, 0) is 18.9 Å². The highest BCUT2D eigenvalue weighted by atomic mass is 16.3. The van der Waals surface area contributed by atoms with Crippen molar-refractivity contribution in [3.63, 3.8) is 0 Å². The van der Waals surface area contributed by atoms with Gasteiger partial charge < -0.3 is 15.0 Å². The molecule has 1 fully saturated rings. The third-order valence-electron chi connectivity index (χ3n) is 3.58. The van der Waals surface area contributed by atoms with Gasteiger partial charge in [-0.1, -0.05) is 6.42 Å². The Labute approximate surface area is 105 Å². The first-order valence-corrected chi connectivity index (χ1v) is 6.20. The molecule has 1 saturated carbocycles. The summed E-state index contributed by atoms with van der Waals surface area (Å²) in [6.45, 7) is 0.0987. The Balaban J connectivity index is 2.07. The van der Waals surface area contributed by atoms with Crippen molar-refractivity contribution < 1.29 is 9.90 Å². The molecule has 1 aliphatic carbocycles. The second-order valence-corrected chi connectivity index (χ2v) is 4.82. The molecule has 18 heavy (non-hydrogen) atoms. The summed E-state index contributed by atoms with van der Waals surface area (Å²) in [6, 6.07) is 2.98. The molecule has 0 aliphatic heterocycles. The van der Waals surface area contributed by atoms with E-state index < -0.39 is 0 Å². The normalized spacial score (nSPS) is 23.0. The molecular weight excluding hydrogens is 232 g/mol. The van der Waals surface area contributed by atoms with Crippen molar-refractivity contribution in [2.24, 2.45) is 13.0 Å². The molecule has 0 spiro atoms. The third kappa shape index (κ3) is 2.61. The van der Waals surface area contributed by atoms with Gasteiger partial charge in [0.15, 0.2) is 0 Å². The van der Waals surface area contributed by atoms with Crippen LogP contribution in [0.25, 0.3) is 0 Å². The topological polar surface area (TPSA) is 71.3 Å². The third-order valence-corrected chi connectivity index (χ3v) is 3.58. The molecule has 5 nitrogen and oxygen atoms in total. The van der Waals surface area contributed by atoms with E-state index in [4.69, 9.17) is 0 Å². The predicted octanol–water partition coefficient (Wildman–Crippen LogP) is 0.276. The Hall–Kier alpha value is -1.62. The Kier molecular flexibility index (Phi) is 3.81. The number of aryl methyl sites for hydroxylation is 1. The number of aromatic nitrogens is 1. The van der Waals surface area contributed by atoms with E-state index in [9.17, 15) is 14.7 Å². The van der Waals surface area contributed by atoms with Crippen LogP contribution in [0, 0.1) is 5.92 Å². The standard InChI is InChI=1S/C13H18N2O3/c1-15-6-5-9(7-12(15)17)13(18)14-11-4-2-3-10(11)8-16/h5-7,10-11,16H,2-4,8H2,1H3,(H,14,18). The van der Waals surface area contributed by atoms with E-state index in [1.54, 1.807) is 19.3 Å². The summed E-state index contributed by atoms with van der Waals surface area (Å²) in [5.74, 6) is -0.0986. The zero-order chi connectivity index (χ0) is 13.1. The number of pyridine rings is 1. The smallest absolute Gasteiger partial charge is 0.251 e. The monoisotopic (exact) mass is 250 g/mol. The van der Waals surface area contributed by atoms with E-state index in [0.717, 1.165) is 19.3 Å². The molecule has 2 atom stereocenters.